The standard InChI is InChI=1S/C12H20N2O3/c1-3-10-14(4-2)12(17)13-9-7-5-6-8-11(15)16/h1H,4-10H2,2H3,(H,13,17)(H,15,16). The highest BCUT2D eigenvalue weighted by molar-refractivity contribution is 5.74. The van der Waals surface area contributed by atoms with Crippen molar-refractivity contribution in [3.8, 4) is 12.3 Å². The Morgan fingerprint density at radius 1 is 1.35 bits per heavy atom. The molecule has 0 rings (SSSR count). The zero-order valence-corrected chi connectivity index (χ0v) is 10.2. The van der Waals surface area contributed by atoms with Gasteiger partial charge in [-0.05, 0) is 19.8 Å². The Labute approximate surface area is 102 Å². The summed E-state index contributed by atoms with van der Waals surface area (Å²) in [5.41, 5.74) is 0. The zero-order valence-electron chi connectivity index (χ0n) is 10.2. The van der Waals surface area contributed by atoms with Gasteiger partial charge in [-0.15, -0.1) is 6.42 Å². The number of terminal acetylenes is 1. The molecular formula is C12H20N2O3. The van der Waals surface area contributed by atoms with Crippen LogP contribution in [0.1, 0.15) is 32.6 Å². The molecule has 2 amide bonds. The molecule has 0 aliphatic rings. The summed E-state index contributed by atoms with van der Waals surface area (Å²) in [6.45, 7) is 3.31. The Bertz CT molecular complexity index is 284. The number of amides is 2. The van der Waals surface area contributed by atoms with E-state index in [9.17, 15) is 9.59 Å². The van der Waals surface area contributed by atoms with Crippen LogP contribution < -0.4 is 5.32 Å². The molecule has 0 bridgehead atoms. The maximum absolute atomic E-state index is 11.5. The summed E-state index contributed by atoms with van der Waals surface area (Å²) in [7, 11) is 0. The molecule has 0 unspecified atom stereocenters. The number of unbranched alkanes of at least 4 members (excludes halogenated alkanes) is 2. The monoisotopic (exact) mass is 240 g/mol. The largest absolute Gasteiger partial charge is 0.481 e. The number of hydrogen-bond donors (Lipinski definition) is 2. The number of nitrogens with zero attached hydrogens (tertiary/aromatic N) is 1. The lowest BCUT2D eigenvalue weighted by Crippen LogP contribution is -2.40. The van der Waals surface area contributed by atoms with E-state index in [1.807, 2.05) is 6.92 Å². The van der Waals surface area contributed by atoms with Crippen molar-refractivity contribution < 1.29 is 14.7 Å². The van der Waals surface area contributed by atoms with Crippen molar-refractivity contribution in [1.82, 2.24) is 10.2 Å². The molecule has 96 valence electrons. The van der Waals surface area contributed by atoms with Crippen molar-refractivity contribution in [3.63, 3.8) is 0 Å². The van der Waals surface area contributed by atoms with Crippen LogP contribution >= 0.6 is 0 Å². The average molecular weight is 240 g/mol. The quantitative estimate of drug-likeness (QED) is 0.496. The van der Waals surface area contributed by atoms with Gasteiger partial charge in [0.2, 0.25) is 0 Å². The van der Waals surface area contributed by atoms with Crippen LogP contribution in [-0.4, -0.2) is 41.6 Å². The van der Waals surface area contributed by atoms with Crippen molar-refractivity contribution >= 4 is 12.0 Å². The smallest absolute Gasteiger partial charge is 0.318 e. The molecule has 0 saturated carbocycles. The second-order valence-corrected chi connectivity index (χ2v) is 3.65. The average Bonchev–Trinajstić information content (AvgIpc) is 2.29. The maximum atomic E-state index is 11.5. The molecule has 0 aromatic rings. The van der Waals surface area contributed by atoms with E-state index in [1.54, 1.807) is 0 Å². The van der Waals surface area contributed by atoms with E-state index in [-0.39, 0.29) is 12.5 Å². The van der Waals surface area contributed by atoms with Gasteiger partial charge >= 0.3 is 12.0 Å². The van der Waals surface area contributed by atoms with Gasteiger partial charge in [0, 0.05) is 19.5 Å². The summed E-state index contributed by atoms with van der Waals surface area (Å²) in [5, 5.41) is 11.2. The molecular weight excluding hydrogens is 220 g/mol. The second kappa shape index (κ2) is 9.52. The molecule has 0 radical (unpaired) electrons. The van der Waals surface area contributed by atoms with E-state index in [4.69, 9.17) is 11.5 Å². The van der Waals surface area contributed by atoms with Crippen LogP contribution in [0, 0.1) is 12.3 Å². The first-order chi connectivity index (χ1) is 8.11. The molecule has 5 heteroatoms. The summed E-state index contributed by atoms with van der Waals surface area (Å²) in [6, 6.07) is -0.163. The van der Waals surface area contributed by atoms with Crippen molar-refractivity contribution in [2.24, 2.45) is 0 Å². The second-order valence-electron chi connectivity index (χ2n) is 3.65. The number of rotatable bonds is 8. The highest BCUT2D eigenvalue weighted by Crippen LogP contribution is 1.98. The lowest BCUT2D eigenvalue weighted by molar-refractivity contribution is -0.137. The SMILES string of the molecule is C#CCN(CC)C(=O)NCCCCCC(=O)O. The fourth-order valence-corrected chi connectivity index (χ4v) is 1.32. The summed E-state index contributed by atoms with van der Waals surface area (Å²) in [6.07, 6.45) is 7.55. The minimum absolute atomic E-state index is 0.163. The van der Waals surface area contributed by atoms with E-state index < -0.39 is 5.97 Å². The van der Waals surface area contributed by atoms with Crippen LogP contribution in [-0.2, 0) is 4.79 Å². The molecule has 5 nitrogen and oxygen atoms in total. The molecule has 0 heterocycles. The van der Waals surface area contributed by atoms with Crippen molar-refractivity contribution in [1.29, 1.82) is 0 Å². The Hall–Kier alpha value is -1.70. The number of hydrogen-bond acceptors (Lipinski definition) is 2. The number of carbonyl (C=O) groups excluding carboxylic acids is 1. The molecule has 0 aromatic heterocycles. The van der Waals surface area contributed by atoms with Gasteiger partial charge in [0.1, 0.15) is 0 Å². The van der Waals surface area contributed by atoms with Crippen molar-refractivity contribution in [2.75, 3.05) is 19.6 Å². The Morgan fingerprint density at radius 3 is 2.59 bits per heavy atom. The van der Waals surface area contributed by atoms with Crippen molar-refractivity contribution in [3.05, 3.63) is 0 Å². The summed E-state index contributed by atoms with van der Waals surface area (Å²) in [5.74, 6) is 1.65. The van der Waals surface area contributed by atoms with Gasteiger partial charge in [0.05, 0.1) is 6.54 Å². The van der Waals surface area contributed by atoms with Crippen LogP contribution in [0.15, 0.2) is 0 Å². The third-order valence-corrected chi connectivity index (χ3v) is 2.29. The summed E-state index contributed by atoms with van der Waals surface area (Å²) in [4.78, 5) is 23.3. The minimum Gasteiger partial charge on any atom is -0.481 e. The van der Waals surface area contributed by atoms with E-state index in [0.29, 0.717) is 26.1 Å². The van der Waals surface area contributed by atoms with E-state index >= 15 is 0 Å². The lowest BCUT2D eigenvalue weighted by Gasteiger charge is -2.18. The van der Waals surface area contributed by atoms with Gasteiger partial charge in [-0.1, -0.05) is 12.3 Å². The minimum atomic E-state index is -0.778. The van der Waals surface area contributed by atoms with E-state index in [1.165, 1.54) is 4.90 Å². The Kier molecular flexibility index (Phi) is 8.57. The van der Waals surface area contributed by atoms with Crippen LogP contribution in [0.2, 0.25) is 0 Å². The van der Waals surface area contributed by atoms with Crippen molar-refractivity contribution in [2.45, 2.75) is 32.6 Å². The van der Waals surface area contributed by atoms with E-state index in [0.717, 1.165) is 12.8 Å². The molecule has 2 N–H and O–H groups in total. The number of nitrogens with one attached hydrogen (secondary N) is 1. The first-order valence-electron chi connectivity index (χ1n) is 5.79. The highest BCUT2D eigenvalue weighted by Gasteiger charge is 2.08. The lowest BCUT2D eigenvalue weighted by atomic mass is 10.2. The van der Waals surface area contributed by atoms with E-state index in [2.05, 4.69) is 11.2 Å². The molecule has 17 heavy (non-hydrogen) atoms. The van der Waals surface area contributed by atoms with Crippen LogP contribution in [0.4, 0.5) is 4.79 Å². The molecule has 0 aliphatic heterocycles. The number of carbonyl (C=O) groups is 2. The third kappa shape index (κ3) is 8.14. The Morgan fingerprint density at radius 2 is 2.06 bits per heavy atom. The zero-order chi connectivity index (χ0) is 13.1. The molecule has 0 atom stereocenters. The van der Waals surface area contributed by atoms with Gasteiger partial charge < -0.3 is 15.3 Å². The summed E-state index contributed by atoms with van der Waals surface area (Å²) < 4.78 is 0. The van der Waals surface area contributed by atoms with Crippen LogP contribution in [0.25, 0.3) is 0 Å². The van der Waals surface area contributed by atoms with Gasteiger partial charge in [0.15, 0.2) is 0 Å². The first-order valence-corrected chi connectivity index (χ1v) is 5.79. The van der Waals surface area contributed by atoms with Crippen LogP contribution in [0.3, 0.4) is 0 Å². The third-order valence-electron chi connectivity index (χ3n) is 2.29. The van der Waals surface area contributed by atoms with Gasteiger partial charge in [-0.3, -0.25) is 4.79 Å². The maximum Gasteiger partial charge on any atom is 0.318 e. The molecule has 0 aliphatic carbocycles. The number of carboxylic acids is 1. The van der Waals surface area contributed by atoms with Gasteiger partial charge in [0.25, 0.3) is 0 Å². The fourth-order valence-electron chi connectivity index (χ4n) is 1.32. The number of carboxylic acid groups (broad SMARTS) is 1. The predicted octanol–water partition coefficient (Wildman–Crippen LogP) is 1.30. The highest BCUT2D eigenvalue weighted by atomic mass is 16.4. The molecule has 0 spiro atoms. The Balaban J connectivity index is 3.57. The first kappa shape index (κ1) is 15.3. The van der Waals surface area contributed by atoms with Gasteiger partial charge in [-0.25, -0.2) is 4.79 Å². The molecule has 0 aromatic carbocycles. The summed E-state index contributed by atoms with van der Waals surface area (Å²) >= 11 is 0. The molecule has 0 fully saturated rings. The van der Waals surface area contributed by atoms with Crippen LogP contribution in [0.5, 0.6) is 0 Å². The fraction of sp³-hybridized carbons (Fsp3) is 0.667. The normalized spacial score (nSPS) is 9.41. The van der Waals surface area contributed by atoms with Gasteiger partial charge in [-0.2, -0.15) is 0 Å². The topological polar surface area (TPSA) is 69.6 Å². The molecule has 0 saturated heterocycles. The number of aliphatic carboxylic acids is 1. The number of urea groups is 1. The predicted molar refractivity (Wildman–Crippen MR) is 65.6 cm³/mol.